The van der Waals surface area contributed by atoms with Gasteiger partial charge in [-0.05, 0) is 72.6 Å². The number of alkyl halides is 3. The highest BCUT2D eigenvalue weighted by Gasteiger charge is 2.50. The Hall–Kier alpha value is -3.43. The molecule has 2 fully saturated rings. The topological polar surface area (TPSA) is 79.9 Å². The van der Waals surface area contributed by atoms with E-state index in [1.54, 1.807) is 7.11 Å². The first-order valence-corrected chi connectivity index (χ1v) is 12.0. The molecule has 1 aliphatic carbocycles. The van der Waals surface area contributed by atoms with Gasteiger partial charge in [0.05, 0.1) is 7.11 Å². The number of likely N-dealkylation sites (tertiary alicyclic amines) is 1. The number of anilines is 1. The average Bonchev–Trinajstić information content (AvgIpc) is 3.29. The van der Waals surface area contributed by atoms with E-state index in [2.05, 4.69) is 22.3 Å². The molecule has 0 aromatic heterocycles. The molecule has 194 valence electrons. The fourth-order valence-corrected chi connectivity index (χ4v) is 5.40. The Bertz CT molecular complexity index is 1060. The monoisotopic (exact) mass is 505 g/mol. The number of carbonyl (C=O) groups is 2. The van der Waals surface area contributed by atoms with E-state index in [0.29, 0.717) is 31.1 Å². The van der Waals surface area contributed by atoms with Crippen molar-refractivity contribution in [1.29, 1.82) is 0 Å². The molecule has 7 nitrogen and oxygen atoms in total. The standard InChI is InChI=1S/C26H30F3N3O4/c1-16-13-23-21(14-24(33)32(23)12-11-17-3-7-19(35-2)8-4-17)22(16)15-30-25(34)31-18-5-9-20(10-6-18)36-26(27,28)29/h3-10,16,21-23H,11-15H2,1-2H3,(H2,30,31,34)/t16-,21-,22+,23+/m0/s1. The second-order valence-electron chi connectivity index (χ2n) is 9.40. The molecule has 1 saturated carbocycles. The van der Waals surface area contributed by atoms with E-state index < -0.39 is 12.4 Å². The summed E-state index contributed by atoms with van der Waals surface area (Å²) in [5.74, 6) is 1.28. The van der Waals surface area contributed by atoms with Gasteiger partial charge in [-0.15, -0.1) is 13.2 Å². The maximum absolute atomic E-state index is 12.8. The first-order valence-electron chi connectivity index (χ1n) is 12.0. The number of hydrogen-bond donors (Lipinski definition) is 2. The normalized spacial score (nSPS) is 23.4. The van der Waals surface area contributed by atoms with Crippen LogP contribution in [-0.2, 0) is 11.2 Å². The third-order valence-corrected chi connectivity index (χ3v) is 7.16. The van der Waals surface area contributed by atoms with E-state index in [1.165, 1.54) is 12.1 Å². The third-order valence-electron chi connectivity index (χ3n) is 7.16. The Morgan fingerprint density at radius 3 is 2.39 bits per heavy atom. The summed E-state index contributed by atoms with van der Waals surface area (Å²) in [6, 6.07) is 12.5. The molecule has 1 saturated heterocycles. The van der Waals surface area contributed by atoms with Gasteiger partial charge >= 0.3 is 12.4 Å². The second-order valence-corrected chi connectivity index (χ2v) is 9.40. The largest absolute Gasteiger partial charge is 0.573 e. The number of rotatable bonds is 8. The molecule has 4 rings (SSSR count). The third kappa shape index (κ3) is 6.22. The van der Waals surface area contributed by atoms with Gasteiger partial charge in [-0.25, -0.2) is 4.79 Å². The number of nitrogens with one attached hydrogen (secondary N) is 2. The van der Waals surface area contributed by atoms with E-state index in [1.807, 2.05) is 29.2 Å². The van der Waals surface area contributed by atoms with Gasteiger partial charge in [-0.1, -0.05) is 19.1 Å². The summed E-state index contributed by atoms with van der Waals surface area (Å²) in [5.41, 5.74) is 1.49. The van der Waals surface area contributed by atoms with Crippen LogP contribution in [0.5, 0.6) is 11.5 Å². The quantitative estimate of drug-likeness (QED) is 0.539. The van der Waals surface area contributed by atoms with Crippen molar-refractivity contribution >= 4 is 17.6 Å². The summed E-state index contributed by atoms with van der Waals surface area (Å²) in [5, 5.41) is 5.49. The van der Waals surface area contributed by atoms with E-state index in [-0.39, 0.29) is 29.5 Å². The second kappa shape index (κ2) is 10.7. The number of benzene rings is 2. The van der Waals surface area contributed by atoms with Gasteiger partial charge in [-0.3, -0.25) is 4.79 Å². The summed E-state index contributed by atoms with van der Waals surface area (Å²) in [6.07, 6.45) is -2.62. The van der Waals surface area contributed by atoms with Gasteiger partial charge in [0.25, 0.3) is 0 Å². The van der Waals surface area contributed by atoms with Crippen LogP contribution in [0.1, 0.15) is 25.3 Å². The van der Waals surface area contributed by atoms with Crippen molar-refractivity contribution in [2.75, 3.05) is 25.5 Å². The summed E-state index contributed by atoms with van der Waals surface area (Å²) in [7, 11) is 1.63. The fourth-order valence-electron chi connectivity index (χ4n) is 5.40. The van der Waals surface area contributed by atoms with Crippen molar-refractivity contribution in [1.82, 2.24) is 10.2 Å². The Labute approximate surface area is 207 Å². The van der Waals surface area contributed by atoms with E-state index in [4.69, 9.17) is 4.74 Å². The lowest BCUT2D eigenvalue weighted by Crippen LogP contribution is -2.37. The van der Waals surface area contributed by atoms with E-state index >= 15 is 0 Å². The van der Waals surface area contributed by atoms with Crippen molar-refractivity contribution in [2.24, 2.45) is 17.8 Å². The molecular formula is C26H30F3N3O4. The lowest BCUT2D eigenvalue weighted by atomic mass is 9.88. The summed E-state index contributed by atoms with van der Waals surface area (Å²) < 4.78 is 45.9. The van der Waals surface area contributed by atoms with Crippen molar-refractivity contribution in [3.05, 3.63) is 54.1 Å². The SMILES string of the molecule is COc1ccc(CCN2C(=O)C[C@H]3[C@H](CNC(=O)Nc4ccc(OC(F)(F)F)cc4)[C@@H](C)C[C@H]32)cc1. The molecule has 2 N–H and O–H groups in total. The van der Waals surface area contributed by atoms with Crippen LogP contribution < -0.4 is 20.1 Å². The van der Waals surface area contributed by atoms with Crippen LogP contribution in [0, 0.1) is 17.8 Å². The van der Waals surface area contributed by atoms with Gasteiger partial charge < -0.3 is 25.0 Å². The van der Waals surface area contributed by atoms with E-state index in [0.717, 1.165) is 36.3 Å². The number of urea groups is 1. The molecule has 1 aliphatic heterocycles. The molecule has 2 aromatic rings. The molecule has 10 heteroatoms. The minimum absolute atomic E-state index is 0.154. The fraction of sp³-hybridized carbons (Fsp3) is 0.462. The smallest absolute Gasteiger partial charge is 0.497 e. The van der Waals surface area contributed by atoms with Crippen molar-refractivity contribution in [3.8, 4) is 11.5 Å². The number of hydrogen-bond acceptors (Lipinski definition) is 4. The molecular weight excluding hydrogens is 475 g/mol. The highest BCUT2D eigenvalue weighted by Crippen LogP contribution is 2.45. The first kappa shape index (κ1) is 25.7. The molecule has 0 radical (unpaired) electrons. The average molecular weight is 506 g/mol. The summed E-state index contributed by atoms with van der Waals surface area (Å²) in [6.45, 7) is 3.23. The zero-order valence-electron chi connectivity index (χ0n) is 20.2. The van der Waals surface area contributed by atoms with Gasteiger partial charge in [-0.2, -0.15) is 0 Å². The Kier molecular flexibility index (Phi) is 7.61. The predicted octanol–water partition coefficient (Wildman–Crippen LogP) is 4.83. The van der Waals surface area contributed by atoms with Crippen LogP contribution in [0.3, 0.4) is 0 Å². The minimum atomic E-state index is -4.77. The Balaban J connectivity index is 1.27. The van der Waals surface area contributed by atoms with E-state index in [9.17, 15) is 22.8 Å². The van der Waals surface area contributed by atoms with Gasteiger partial charge in [0, 0.05) is 31.2 Å². The number of ether oxygens (including phenoxy) is 2. The van der Waals surface area contributed by atoms with Gasteiger partial charge in [0.1, 0.15) is 11.5 Å². The number of fused-ring (bicyclic) bond motifs is 1. The van der Waals surface area contributed by atoms with Crippen LogP contribution >= 0.6 is 0 Å². The zero-order chi connectivity index (χ0) is 25.9. The number of halogens is 3. The molecule has 4 atom stereocenters. The Morgan fingerprint density at radius 1 is 1.08 bits per heavy atom. The molecule has 2 aromatic carbocycles. The Morgan fingerprint density at radius 2 is 1.75 bits per heavy atom. The molecule has 1 heterocycles. The van der Waals surface area contributed by atoms with Crippen LogP contribution in [0.2, 0.25) is 0 Å². The summed E-state index contributed by atoms with van der Waals surface area (Å²) in [4.78, 5) is 27.2. The highest BCUT2D eigenvalue weighted by molar-refractivity contribution is 5.89. The summed E-state index contributed by atoms with van der Waals surface area (Å²) >= 11 is 0. The lowest BCUT2D eigenvalue weighted by Gasteiger charge is -2.24. The number of carbonyl (C=O) groups excluding carboxylic acids is 2. The van der Waals surface area contributed by atoms with Crippen LogP contribution in [0.4, 0.5) is 23.7 Å². The van der Waals surface area contributed by atoms with Gasteiger partial charge in [0.2, 0.25) is 5.91 Å². The number of methoxy groups -OCH3 is 1. The molecule has 0 spiro atoms. The molecule has 2 aliphatic rings. The lowest BCUT2D eigenvalue weighted by molar-refractivity contribution is -0.274. The van der Waals surface area contributed by atoms with Gasteiger partial charge in [0.15, 0.2) is 0 Å². The predicted molar refractivity (Wildman–Crippen MR) is 128 cm³/mol. The minimum Gasteiger partial charge on any atom is -0.497 e. The molecule has 0 bridgehead atoms. The maximum Gasteiger partial charge on any atom is 0.573 e. The molecule has 36 heavy (non-hydrogen) atoms. The van der Waals surface area contributed by atoms with Crippen LogP contribution in [-0.4, -0.2) is 49.4 Å². The maximum atomic E-state index is 12.8. The zero-order valence-corrected chi connectivity index (χ0v) is 20.2. The highest BCUT2D eigenvalue weighted by atomic mass is 19.4. The van der Waals surface area contributed by atoms with Crippen LogP contribution in [0.15, 0.2) is 48.5 Å². The van der Waals surface area contributed by atoms with Crippen molar-refractivity contribution in [3.63, 3.8) is 0 Å². The van der Waals surface area contributed by atoms with Crippen LogP contribution in [0.25, 0.3) is 0 Å². The van der Waals surface area contributed by atoms with Crippen molar-refractivity contribution in [2.45, 2.75) is 38.6 Å². The number of nitrogens with zero attached hydrogens (tertiary/aromatic N) is 1. The van der Waals surface area contributed by atoms with Crippen molar-refractivity contribution < 1.29 is 32.2 Å². The molecule has 3 amide bonds. The number of amides is 3. The molecule has 0 unspecified atom stereocenters. The first-order chi connectivity index (χ1) is 17.1.